The van der Waals surface area contributed by atoms with Gasteiger partial charge in [0, 0.05) is 6.42 Å². The van der Waals surface area contributed by atoms with Crippen LogP contribution in [0.15, 0.2) is 23.8 Å². The maximum atomic E-state index is 12.0. The normalized spacial score (nSPS) is 24.5. The molecule has 3 aliphatic rings. The number of rotatable bonds is 4. The predicted octanol–water partition coefficient (Wildman–Crippen LogP) is 3.34. The number of ether oxygens (including phenoxy) is 1. The van der Waals surface area contributed by atoms with Crippen LogP contribution in [0.5, 0.6) is 17.2 Å². The number of carbonyl (C=O) groups excluding carboxylic acids is 1. The SMILES string of the molecule is CC1(C)C2CC=C(CCOC(=O)c3cc(O)c(O)c(O)c3)C1C2. The van der Waals surface area contributed by atoms with Crippen LogP contribution >= 0.6 is 0 Å². The molecule has 2 unspecified atom stereocenters. The van der Waals surface area contributed by atoms with Gasteiger partial charge in [0.05, 0.1) is 12.2 Å². The molecular formula is C18H22O5. The number of allylic oxidation sites excluding steroid dienone is 1. The van der Waals surface area contributed by atoms with E-state index in [0.717, 1.165) is 24.5 Å². The van der Waals surface area contributed by atoms with Crippen molar-refractivity contribution in [2.75, 3.05) is 6.61 Å². The molecule has 0 aliphatic heterocycles. The molecular weight excluding hydrogens is 296 g/mol. The van der Waals surface area contributed by atoms with Crippen LogP contribution in [0, 0.1) is 17.3 Å². The maximum Gasteiger partial charge on any atom is 0.338 e. The summed E-state index contributed by atoms with van der Waals surface area (Å²) in [4.78, 5) is 12.0. The van der Waals surface area contributed by atoms with Crippen LogP contribution in [0.1, 0.15) is 43.5 Å². The van der Waals surface area contributed by atoms with Gasteiger partial charge in [-0.25, -0.2) is 4.79 Å². The fourth-order valence-corrected chi connectivity index (χ4v) is 3.82. The van der Waals surface area contributed by atoms with E-state index in [-0.39, 0.29) is 12.2 Å². The third-order valence-electron chi connectivity index (χ3n) is 5.51. The number of phenols is 3. The quantitative estimate of drug-likeness (QED) is 0.450. The fraction of sp³-hybridized carbons (Fsp3) is 0.500. The third kappa shape index (κ3) is 2.64. The van der Waals surface area contributed by atoms with E-state index in [1.807, 2.05) is 0 Å². The molecule has 1 fully saturated rings. The van der Waals surface area contributed by atoms with Gasteiger partial charge in [0.25, 0.3) is 0 Å². The van der Waals surface area contributed by atoms with Crippen LogP contribution in [0.4, 0.5) is 0 Å². The van der Waals surface area contributed by atoms with Crippen molar-refractivity contribution >= 4 is 5.97 Å². The molecule has 1 saturated carbocycles. The van der Waals surface area contributed by atoms with Crippen molar-refractivity contribution < 1.29 is 24.9 Å². The summed E-state index contributed by atoms with van der Waals surface area (Å²) in [5, 5.41) is 28.1. The zero-order chi connectivity index (χ0) is 16.8. The van der Waals surface area contributed by atoms with Crippen LogP contribution in [0.3, 0.4) is 0 Å². The van der Waals surface area contributed by atoms with Gasteiger partial charge in [-0.15, -0.1) is 0 Å². The average Bonchev–Trinajstić information content (AvgIpc) is 2.51. The highest BCUT2D eigenvalue weighted by molar-refractivity contribution is 5.91. The van der Waals surface area contributed by atoms with Crippen LogP contribution in [0.2, 0.25) is 0 Å². The Morgan fingerprint density at radius 1 is 1.26 bits per heavy atom. The molecule has 0 radical (unpaired) electrons. The van der Waals surface area contributed by atoms with Crippen molar-refractivity contribution in [3.8, 4) is 17.2 Å². The summed E-state index contributed by atoms with van der Waals surface area (Å²) in [6.45, 7) is 4.87. The van der Waals surface area contributed by atoms with Crippen molar-refractivity contribution in [1.29, 1.82) is 0 Å². The highest BCUT2D eigenvalue weighted by Gasteiger charge is 2.50. The molecule has 3 aliphatic carbocycles. The Labute approximate surface area is 135 Å². The number of fused-ring (bicyclic) bond motifs is 1. The number of hydrogen-bond acceptors (Lipinski definition) is 5. The van der Waals surface area contributed by atoms with Crippen molar-refractivity contribution in [1.82, 2.24) is 0 Å². The minimum absolute atomic E-state index is 0.0134. The van der Waals surface area contributed by atoms with Gasteiger partial charge >= 0.3 is 5.97 Å². The summed E-state index contributed by atoms with van der Waals surface area (Å²) >= 11 is 0. The van der Waals surface area contributed by atoms with Gasteiger partial charge in [-0.3, -0.25) is 0 Å². The van der Waals surface area contributed by atoms with Crippen molar-refractivity contribution in [3.63, 3.8) is 0 Å². The fourth-order valence-electron chi connectivity index (χ4n) is 3.82. The molecule has 124 valence electrons. The minimum Gasteiger partial charge on any atom is -0.504 e. The molecule has 2 bridgehead atoms. The lowest BCUT2D eigenvalue weighted by molar-refractivity contribution is -0.0103. The molecule has 0 amide bonds. The van der Waals surface area contributed by atoms with Gasteiger partial charge < -0.3 is 20.1 Å². The molecule has 5 nitrogen and oxygen atoms in total. The summed E-state index contributed by atoms with van der Waals surface area (Å²) in [6.07, 6.45) is 5.32. The second-order valence-corrected chi connectivity index (χ2v) is 7.07. The monoisotopic (exact) mass is 318 g/mol. The van der Waals surface area contributed by atoms with Gasteiger partial charge in [-0.05, 0) is 42.2 Å². The standard InChI is InChI=1S/C18H22O5/c1-18(2)12-4-3-10(13(18)9-12)5-6-23-17(22)11-7-14(19)16(21)15(20)8-11/h3,7-8,12-13,19-21H,4-6,9H2,1-2H3. The summed E-state index contributed by atoms with van der Waals surface area (Å²) in [6, 6.07) is 2.16. The molecule has 4 rings (SSSR count). The van der Waals surface area contributed by atoms with Crippen molar-refractivity contribution in [3.05, 3.63) is 29.3 Å². The maximum absolute atomic E-state index is 12.0. The van der Waals surface area contributed by atoms with Crippen LogP contribution < -0.4 is 0 Å². The van der Waals surface area contributed by atoms with E-state index in [0.29, 0.717) is 17.8 Å². The first-order valence-corrected chi connectivity index (χ1v) is 7.91. The van der Waals surface area contributed by atoms with E-state index in [9.17, 15) is 20.1 Å². The lowest BCUT2D eigenvalue weighted by Crippen LogP contribution is -2.48. The first-order chi connectivity index (χ1) is 10.8. The Balaban J connectivity index is 1.57. The zero-order valence-corrected chi connectivity index (χ0v) is 13.4. The van der Waals surface area contributed by atoms with Crippen LogP contribution in [0.25, 0.3) is 0 Å². The summed E-state index contributed by atoms with van der Waals surface area (Å²) in [5.74, 6) is -1.000. The molecule has 0 saturated heterocycles. The number of phenolic OH excluding ortho intramolecular Hbond substituents is 3. The van der Waals surface area contributed by atoms with Gasteiger partial charge in [0.15, 0.2) is 17.2 Å². The lowest BCUT2D eigenvalue weighted by Gasteiger charge is -2.56. The van der Waals surface area contributed by atoms with Crippen LogP contribution in [-0.2, 0) is 4.74 Å². The molecule has 0 aromatic heterocycles. The Kier molecular flexibility index (Phi) is 3.74. The van der Waals surface area contributed by atoms with E-state index in [4.69, 9.17) is 4.74 Å². The highest BCUT2D eigenvalue weighted by atomic mass is 16.5. The lowest BCUT2D eigenvalue weighted by atomic mass is 9.48. The predicted molar refractivity (Wildman–Crippen MR) is 84.4 cm³/mol. The highest BCUT2D eigenvalue weighted by Crippen LogP contribution is 2.59. The topological polar surface area (TPSA) is 87.0 Å². The zero-order valence-electron chi connectivity index (χ0n) is 13.4. The van der Waals surface area contributed by atoms with Crippen molar-refractivity contribution in [2.24, 2.45) is 17.3 Å². The Morgan fingerprint density at radius 2 is 1.91 bits per heavy atom. The Hall–Kier alpha value is -2.17. The van der Waals surface area contributed by atoms with Gasteiger partial charge in [-0.1, -0.05) is 25.5 Å². The Morgan fingerprint density at radius 3 is 2.48 bits per heavy atom. The van der Waals surface area contributed by atoms with Crippen molar-refractivity contribution in [2.45, 2.75) is 33.1 Å². The van der Waals surface area contributed by atoms with E-state index in [2.05, 4.69) is 19.9 Å². The number of esters is 1. The van der Waals surface area contributed by atoms with E-state index in [1.165, 1.54) is 12.0 Å². The molecule has 0 heterocycles. The smallest absolute Gasteiger partial charge is 0.338 e. The van der Waals surface area contributed by atoms with Gasteiger partial charge in [0.2, 0.25) is 0 Å². The second kappa shape index (κ2) is 5.48. The molecule has 2 atom stereocenters. The summed E-state index contributed by atoms with van der Waals surface area (Å²) < 4.78 is 5.23. The molecule has 0 spiro atoms. The minimum atomic E-state index is -0.643. The number of hydrogen-bond donors (Lipinski definition) is 3. The summed E-state index contributed by atoms with van der Waals surface area (Å²) in [7, 11) is 0. The molecule has 1 aromatic rings. The second-order valence-electron chi connectivity index (χ2n) is 7.07. The van der Waals surface area contributed by atoms with Crippen LogP contribution in [-0.4, -0.2) is 27.9 Å². The molecule has 23 heavy (non-hydrogen) atoms. The van der Waals surface area contributed by atoms with Gasteiger partial charge in [-0.2, -0.15) is 0 Å². The number of benzene rings is 1. The first-order valence-electron chi connectivity index (χ1n) is 7.91. The van der Waals surface area contributed by atoms with Gasteiger partial charge in [0.1, 0.15) is 0 Å². The molecule has 5 heteroatoms. The average molecular weight is 318 g/mol. The van der Waals surface area contributed by atoms with E-state index >= 15 is 0 Å². The largest absolute Gasteiger partial charge is 0.504 e. The molecule has 3 N–H and O–H groups in total. The number of carbonyl (C=O) groups is 1. The number of aromatic hydroxyl groups is 3. The van der Waals surface area contributed by atoms with E-state index in [1.54, 1.807) is 0 Å². The summed E-state index contributed by atoms with van der Waals surface area (Å²) in [5.41, 5.74) is 1.73. The Bertz CT molecular complexity index is 651. The molecule has 1 aromatic carbocycles. The third-order valence-corrected chi connectivity index (χ3v) is 5.51. The first kappa shape index (κ1) is 15.7. The van der Waals surface area contributed by atoms with E-state index < -0.39 is 23.2 Å².